The zero-order valence-electron chi connectivity index (χ0n) is 25.8. The number of amides is 1. The fourth-order valence-corrected chi connectivity index (χ4v) is 7.21. The zero-order valence-corrected chi connectivity index (χ0v) is 26.6. The summed E-state index contributed by atoms with van der Waals surface area (Å²) in [6.45, 7) is 0.0208. The van der Waals surface area contributed by atoms with Crippen LogP contribution >= 0.6 is 0 Å². The molecule has 0 aliphatic rings. The summed E-state index contributed by atoms with van der Waals surface area (Å²) in [5.74, 6) is -0.966. The largest absolute Gasteiger partial charge is 0.497 e. The van der Waals surface area contributed by atoms with Gasteiger partial charge in [0.25, 0.3) is 15.9 Å². The van der Waals surface area contributed by atoms with E-state index in [2.05, 4.69) is 4.98 Å². The van der Waals surface area contributed by atoms with Crippen molar-refractivity contribution in [1.82, 2.24) is 0 Å². The number of carbonyl (C=O) groups is 2. The molecular weight excluding hydrogens is 625 g/mol. The molecule has 0 unspecified atom stereocenters. The van der Waals surface area contributed by atoms with E-state index in [4.69, 9.17) is 9.47 Å². The lowest BCUT2D eigenvalue weighted by molar-refractivity contribution is -0.310. The van der Waals surface area contributed by atoms with E-state index in [1.165, 1.54) is 43.5 Å². The van der Waals surface area contributed by atoms with E-state index in [-0.39, 0.29) is 28.3 Å². The number of hydrogen-bond acceptors (Lipinski definition) is 6. The Morgan fingerprint density at radius 2 is 1.38 bits per heavy atom. The maximum atomic E-state index is 15.0. The molecular formula is C39H29N2O6S+. The molecule has 0 bridgehead atoms. The highest BCUT2D eigenvalue weighted by atomic mass is 32.2. The number of rotatable bonds is 8. The molecule has 7 rings (SSSR count). The predicted molar refractivity (Wildman–Crippen MR) is 185 cm³/mol. The third kappa shape index (κ3) is 5.72. The number of esters is 1. The van der Waals surface area contributed by atoms with Crippen LogP contribution in [0.2, 0.25) is 0 Å². The van der Waals surface area contributed by atoms with Crippen LogP contribution in [0.4, 0.5) is 5.69 Å². The molecule has 0 atom stereocenters. The summed E-state index contributed by atoms with van der Waals surface area (Å²) in [7, 11) is -3.10. The van der Waals surface area contributed by atoms with Gasteiger partial charge in [-0.25, -0.2) is 18.2 Å². The van der Waals surface area contributed by atoms with Crippen LogP contribution in [0.1, 0.15) is 26.3 Å². The number of benzene rings is 6. The number of carbonyl (C=O) groups excluding carboxylic acids is 2. The van der Waals surface area contributed by atoms with Crippen molar-refractivity contribution >= 4 is 60.2 Å². The van der Waals surface area contributed by atoms with Crippen LogP contribution in [0, 0.1) is 0 Å². The minimum absolute atomic E-state index is 0.0208. The van der Waals surface area contributed by atoms with E-state index in [9.17, 15) is 18.0 Å². The number of aromatic amines is 1. The minimum atomic E-state index is -4.60. The molecule has 6 aromatic carbocycles. The van der Waals surface area contributed by atoms with Gasteiger partial charge in [-0.1, -0.05) is 72.8 Å². The minimum Gasteiger partial charge on any atom is -0.497 e. The molecule has 0 aliphatic heterocycles. The molecule has 9 heteroatoms. The van der Waals surface area contributed by atoms with Crippen molar-refractivity contribution in [2.75, 3.05) is 11.4 Å². The first kappa shape index (κ1) is 30.6. The van der Waals surface area contributed by atoms with Gasteiger partial charge in [-0.2, -0.15) is 4.31 Å². The summed E-state index contributed by atoms with van der Waals surface area (Å²) in [6.07, 6.45) is 0. The second kappa shape index (κ2) is 12.6. The van der Waals surface area contributed by atoms with Gasteiger partial charge in [-0.3, -0.25) is 4.79 Å². The number of pyridine rings is 1. The average molecular weight is 654 g/mol. The van der Waals surface area contributed by atoms with Crippen molar-refractivity contribution in [3.63, 3.8) is 0 Å². The molecule has 0 saturated heterocycles. The lowest BCUT2D eigenvalue weighted by Crippen LogP contribution is -2.37. The van der Waals surface area contributed by atoms with Crippen LogP contribution < -0.4 is 14.0 Å². The lowest BCUT2D eigenvalue weighted by Gasteiger charge is -2.24. The maximum absolute atomic E-state index is 15.0. The number of methoxy groups -OCH3 is 1. The molecule has 1 heterocycles. The maximum Gasteiger partial charge on any atom is 0.338 e. The first-order chi connectivity index (χ1) is 23.3. The van der Waals surface area contributed by atoms with E-state index in [0.717, 1.165) is 20.6 Å². The number of nitrogens with one attached hydrogen (secondary N) is 1. The number of hydrogen-bond donors (Lipinski definition) is 0. The van der Waals surface area contributed by atoms with E-state index in [1.807, 2.05) is 78.9 Å². The van der Waals surface area contributed by atoms with Crippen molar-refractivity contribution in [3.05, 3.63) is 156 Å². The quantitative estimate of drug-likeness (QED) is 0.125. The van der Waals surface area contributed by atoms with Gasteiger partial charge >= 0.3 is 5.97 Å². The highest BCUT2D eigenvalue weighted by molar-refractivity contribution is 7.93. The Labute approximate surface area is 276 Å². The summed E-state index contributed by atoms with van der Waals surface area (Å²) in [5, 5.41) is 2.97. The van der Waals surface area contributed by atoms with E-state index in [1.54, 1.807) is 24.3 Å². The Kier molecular flexibility index (Phi) is 8.04. The number of H-pyrrole nitrogens is 1. The summed E-state index contributed by atoms with van der Waals surface area (Å²) in [5.41, 5.74) is 2.47. The van der Waals surface area contributed by atoms with Crippen molar-refractivity contribution in [1.29, 1.82) is 0 Å². The number of anilines is 1. The molecule has 0 fully saturated rings. The second-order valence-corrected chi connectivity index (χ2v) is 12.9. The van der Waals surface area contributed by atoms with Gasteiger partial charge in [-0.15, -0.1) is 0 Å². The normalized spacial score (nSPS) is 11.4. The van der Waals surface area contributed by atoms with E-state index >= 15 is 0 Å². The fraction of sp³-hybridized carbons (Fsp3) is 0.0513. The smallest absolute Gasteiger partial charge is 0.338 e. The Hall–Kier alpha value is -6.06. The van der Waals surface area contributed by atoms with Crippen LogP contribution in [0.3, 0.4) is 0 Å². The van der Waals surface area contributed by atoms with Gasteiger partial charge in [0, 0.05) is 12.1 Å². The summed E-state index contributed by atoms with van der Waals surface area (Å²) < 4.78 is 40.9. The molecule has 0 aliphatic carbocycles. The number of aromatic nitrogens is 1. The summed E-state index contributed by atoms with van der Waals surface area (Å²) in [6, 6.07) is 39.8. The van der Waals surface area contributed by atoms with Gasteiger partial charge in [-0.05, 0) is 70.9 Å². The monoisotopic (exact) mass is 653 g/mol. The molecule has 236 valence electrons. The Bertz CT molecular complexity index is 2440. The lowest BCUT2D eigenvalue weighted by atomic mass is 9.98. The number of sulfonamides is 1. The standard InChI is InChI=1S/C39H28N2O6S/c1-46-31-20-18-30(19-21-31)41(48(44,45)32-15-9-14-29(22-32)39(43)47-25-26-10-3-2-4-11-26)38(42)37-33-16-7-8-17-35(33)40-36-24-28-13-6-5-12-27(28)23-34(36)37/h2-24H,25H2,1H3/p+1. The average Bonchev–Trinajstić information content (AvgIpc) is 3.12. The zero-order chi connectivity index (χ0) is 33.3. The SMILES string of the molecule is COc1ccc(N(C(=O)c2c3ccccc3[nH+]c3cc4ccccc4cc23)S(=O)(=O)c2cccc(C(=O)OCc3ccccc3)c2)cc1. The van der Waals surface area contributed by atoms with Crippen LogP contribution in [-0.4, -0.2) is 27.4 Å². The summed E-state index contributed by atoms with van der Waals surface area (Å²) >= 11 is 0. The number of para-hydroxylation sites is 1. The van der Waals surface area contributed by atoms with Crippen LogP contribution in [0.15, 0.2) is 144 Å². The molecule has 0 radical (unpaired) electrons. The van der Waals surface area contributed by atoms with E-state index in [0.29, 0.717) is 27.6 Å². The number of fused-ring (bicyclic) bond motifs is 3. The van der Waals surface area contributed by atoms with Gasteiger partial charge in [0.1, 0.15) is 12.4 Å². The molecule has 0 saturated carbocycles. The molecule has 1 aromatic heterocycles. The Morgan fingerprint density at radius 1 is 0.688 bits per heavy atom. The second-order valence-electron chi connectivity index (χ2n) is 11.2. The number of ether oxygens (including phenoxy) is 2. The Balaban J connectivity index is 1.38. The third-order valence-electron chi connectivity index (χ3n) is 8.15. The van der Waals surface area contributed by atoms with Gasteiger partial charge in [0.2, 0.25) is 11.0 Å². The van der Waals surface area contributed by atoms with Crippen LogP contribution in [0.5, 0.6) is 5.75 Å². The van der Waals surface area contributed by atoms with E-state index < -0.39 is 21.9 Å². The fourth-order valence-electron chi connectivity index (χ4n) is 5.76. The Morgan fingerprint density at radius 3 is 2.12 bits per heavy atom. The summed E-state index contributed by atoms with van der Waals surface area (Å²) in [4.78, 5) is 31.2. The van der Waals surface area contributed by atoms with Gasteiger partial charge in [0.15, 0.2) is 0 Å². The van der Waals surface area contributed by atoms with Gasteiger partial charge in [0.05, 0.1) is 39.6 Å². The topological polar surface area (TPSA) is 104 Å². The van der Waals surface area contributed by atoms with Crippen molar-refractivity contribution in [2.24, 2.45) is 0 Å². The molecule has 7 aromatic rings. The molecule has 0 spiro atoms. The number of nitrogens with zero attached hydrogens (tertiary/aromatic N) is 1. The first-order valence-electron chi connectivity index (χ1n) is 15.1. The highest BCUT2D eigenvalue weighted by Crippen LogP contribution is 2.33. The third-order valence-corrected chi connectivity index (χ3v) is 9.85. The first-order valence-corrected chi connectivity index (χ1v) is 16.6. The van der Waals surface area contributed by atoms with Crippen LogP contribution in [-0.2, 0) is 21.4 Å². The predicted octanol–water partition coefficient (Wildman–Crippen LogP) is 7.36. The van der Waals surface area contributed by atoms with Crippen molar-refractivity contribution in [3.8, 4) is 5.75 Å². The molecule has 1 amide bonds. The van der Waals surface area contributed by atoms with Crippen molar-refractivity contribution in [2.45, 2.75) is 11.5 Å². The van der Waals surface area contributed by atoms with Gasteiger partial charge < -0.3 is 9.47 Å². The van der Waals surface area contributed by atoms with Crippen molar-refractivity contribution < 1.29 is 32.5 Å². The highest BCUT2D eigenvalue weighted by Gasteiger charge is 2.35. The molecule has 8 nitrogen and oxygen atoms in total. The molecule has 1 N–H and O–H groups in total. The van der Waals surface area contributed by atoms with Crippen LogP contribution in [0.25, 0.3) is 32.6 Å². The molecule has 48 heavy (non-hydrogen) atoms.